The first-order valence-corrected chi connectivity index (χ1v) is 7.65. The van der Waals surface area contributed by atoms with Gasteiger partial charge in [0.25, 0.3) is 0 Å². The first kappa shape index (κ1) is 17.1. The van der Waals surface area contributed by atoms with Crippen LogP contribution in [0.1, 0.15) is 5.56 Å². The lowest BCUT2D eigenvalue weighted by Gasteiger charge is -2.15. The highest BCUT2D eigenvalue weighted by molar-refractivity contribution is 7.89. The van der Waals surface area contributed by atoms with E-state index in [1.54, 1.807) is 13.0 Å². The first-order chi connectivity index (χ1) is 9.64. The van der Waals surface area contributed by atoms with E-state index in [-0.39, 0.29) is 10.0 Å². The molecule has 0 aliphatic rings. The van der Waals surface area contributed by atoms with Crippen molar-refractivity contribution in [3.8, 4) is 0 Å². The summed E-state index contributed by atoms with van der Waals surface area (Å²) in [4.78, 5) is 10.7. The Morgan fingerprint density at radius 2 is 1.90 bits per heavy atom. The minimum Gasteiger partial charge on any atom is -0.350 e. The van der Waals surface area contributed by atoms with Crippen LogP contribution in [0.15, 0.2) is 23.1 Å². The molecule has 5 N–H and O–H groups in total. The molecule has 10 heteroatoms. The fourth-order valence-electron chi connectivity index (χ4n) is 1.38. The minimum absolute atomic E-state index is 0.0799. The summed E-state index contributed by atoms with van der Waals surface area (Å²) in [6.07, 6.45) is 0. The second-order valence-corrected chi connectivity index (χ2v) is 6.89. The lowest BCUT2D eigenvalue weighted by atomic mass is 10.2. The Labute approximate surface area is 128 Å². The Morgan fingerprint density at radius 1 is 1.29 bits per heavy atom. The number of hydrogen-bond donors (Lipinski definition) is 4. The van der Waals surface area contributed by atoms with Crippen LogP contribution in [-0.2, 0) is 10.0 Å². The molecular formula is C11H17N5O3S2. The summed E-state index contributed by atoms with van der Waals surface area (Å²) in [6.45, 7) is 1.79. The summed E-state index contributed by atoms with van der Waals surface area (Å²) >= 11 is 4.95. The number of nitrogens with one attached hydrogen (secondary N) is 3. The fraction of sp³-hybridized carbons (Fsp3) is 0.273. The monoisotopic (exact) mass is 331 g/mol. The molecule has 0 radical (unpaired) electrons. The molecule has 0 aromatic heterocycles. The van der Waals surface area contributed by atoms with E-state index in [4.69, 9.17) is 18.0 Å². The first-order valence-electron chi connectivity index (χ1n) is 5.80. The summed E-state index contributed by atoms with van der Waals surface area (Å²) in [5.74, 6) is 0. The lowest BCUT2D eigenvalue weighted by molar-refractivity contribution is 0.247. The predicted molar refractivity (Wildman–Crippen MR) is 84.1 cm³/mol. The number of benzene rings is 1. The highest BCUT2D eigenvalue weighted by Gasteiger charge is 2.18. The second-order valence-electron chi connectivity index (χ2n) is 4.33. The van der Waals surface area contributed by atoms with Gasteiger partial charge < -0.3 is 11.1 Å². The quantitative estimate of drug-likeness (QED) is 0.462. The highest BCUT2D eigenvalue weighted by atomic mass is 32.2. The number of hydrogen-bond acceptors (Lipinski definition) is 4. The van der Waals surface area contributed by atoms with E-state index in [1.165, 1.54) is 26.2 Å². The topological polar surface area (TPSA) is 117 Å². The molecule has 0 atom stereocenters. The van der Waals surface area contributed by atoms with Crippen molar-refractivity contribution in [2.24, 2.45) is 5.73 Å². The largest absolute Gasteiger partial charge is 0.350 e. The van der Waals surface area contributed by atoms with Crippen LogP contribution in [0.3, 0.4) is 0 Å². The molecule has 0 unspecified atom stereocenters. The van der Waals surface area contributed by atoms with Gasteiger partial charge in [0, 0.05) is 19.8 Å². The molecule has 0 aliphatic heterocycles. The van der Waals surface area contributed by atoms with Gasteiger partial charge in [-0.25, -0.2) is 22.9 Å². The molecule has 1 rings (SSSR count). The van der Waals surface area contributed by atoms with Gasteiger partial charge in [-0.05, 0) is 36.8 Å². The number of amides is 2. The van der Waals surface area contributed by atoms with Crippen LogP contribution in [0.5, 0.6) is 0 Å². The van der Waals surface area contributed by atoms with Gasteiger partial charge >= 0.3 is 6.03 Å². The van der Waals surface area contributed by atoms with Crippen molar-refractivity contribution < 1.29 is 13.2 Å². The highest BCUT2D eigenvalue weighted by Crippen LogP contribution is 2.21. The Hall–Kier alpha value is -1.91. The van der Waals surface area contributed by atoms with Gasteiger partial charge in [-0.15, -0.1) is 0 Å². The molecule has 2 amide bonds. The number of urea groups is 1. The van der Waals surface area contributed by atoms with Crippen molar-refractivity contribution >= 4 is 39.1 Å². The molecule has 0 saturated heterocycles. The molecule has 0 aliphatic carbocycles. The number of primary amides is 1. The summed E-state index contributed by atoms with van der Waals surface area (Å²) < 4.78 is 25.3. The maximum Gasteiger partial charge on any atom is 0.330 e. The molecule has 8 nitrogen and oxygen atoms in total. The third-order valence-electron chi connectivity index (χ3n) is 2.54. The smallest absolute Gasteiger partial charge is 0.330 e. The van der Waals surface area contributed by atoms with E-state index >= 15 is 0 Å². The third-order valence-corrected chi connectivity index (χ3v) is 4.55. The third kappa shape index (κ3) is 4.55. The van der Waals surface area contributed by atoms with Crippen LogP contribution < -0.4 is 21.9 Å². The molecule has 0 heterocycles. The van der Waals surface area contributed by atoms with Crippen LogP contribution in [0, 0.1) is 6.92 Å². The number of carbonyl (C=O) groups is 1. The standard InChI is InChI=1S/C11H17N5O3S2/c1-7-4-5-8(21(18,19)16(2)3)6-9(7)13-11(20)15-14-10(12)17/h4-6H,1-3H3,(H3,12,14,17)(H2,13,15,20). The summed E-state index contributed by atoms with van der Waals surface area (Å²) in [6, 6.07) is 3.83. The number of anilines is 1. The van der Waals surface area contributed by atoms with E-state index in [9.17, 15) is 13.2 Å². The zero-order valence-corrected chi connectivity index (χ0v) is 13.4. The van der Waals surface area contributed by atoms with E-state index in [2.05, 4.69) is 16.2 Å². The molecule has 0 bridgehead atoms. The number of nitrogens with two attached hydrogens (primary N) is 1. The molecule has 116 valence electrons. The molecular weight excluding hydrogens is 314 g/mol. The van der Waals surface area contributed by atoms with Gasteiger partial charge in [0.2, 0.25) is 10.0 Å². The van der Waals surface area contributed by atoms with Gasteiger partial charge in [-0.1, -0.05) is 6.07 Å². The molecule has 21 heavy (non-hydrogen) atoms. The normalized spacial score (nSPS) is 11.0. The molecule has 0 saturated carbocycles. The van der Waals surface area contributed by atoms with Crippen LogP contribution in [-0.4, -0.2) is 38.0 Å². The number of nitrogens with zero attached hydrogens (tertiary/aromatic N) is 1. The predicted octanol–water partition coefficient (Wildman–Crippen LogP) is 0.115. The van der Waals surface area contributed by atoms with Crippen LogP contribution in [0.25, 0.3) is 0 Å². The fourth-order valence-corrected chi connectivity index (χ4v) is 2.47. The van der Waals surface area contributed by atoms with Gasteiger partial charge in [0.15, 0.2) is 5.11 Å². The van der Waals surface area contributed by atoms with Crippen molar-refractivity contribution in [3.05, 3.63) is 23.8 Å². The van der Waals surface area contributed by atoms with E-state index in [0.717, 1.165) is 9.87 Å². The molecule has 0 spiro atoms. The Morgan fingerprint density at radius 3 is 2.43 bits per heavy atom. The van der Waals surface area contributed by atoms with Crippen molar-refractivity contribution in [3.63, 3.8) is 0 Å². The number of thiocarbonyl (C=S) groups is 1. The molecule has 1 aromatic carbocycles. The van der Waals surface area contributed by atoms with Crippen molar-refractivity contribution in [2.75, 3.05) is 19.4 Å². The van der Waals surface area contributed by atoms with E-state index in [1.807, 2.05) is 0 Å². The van der Waals surface area contributed by atoms with E-state index < -0.39 is 16.1 Å². The lowest BCUT2D eigenvalue weighted by Crippen LogP contribution is -2.46. The summed E-state index contributed by atoms with van der Waals surface area (Å²) in [7, 11) is -0.638. The minimum atomic E-state index is -3.54. The second kappa shape index (κ2) is 6.70. The van der Waals surface area contributed by atoms with Crippen LogP contribution in [0.4, 0.5) is 10.5 Å². The van der Waals surface area contributed by atoms with Crippen molar-refractivity contribution in [1.29, 1.82) is 0 Å². The van der Waals surface area contributed by atoms with Gasteiger partial charge in [-0.3, -0.25) is 5.43 Å². The Kier molecular flexibility index (Phi) is 5.47. The molecule has 1 aromatic rings. The summed E-state index contributed by atoms with van der Waals surface area (Å²) in [5.41, 5.74) is 10.7. The number of aryl methyl sites for hydroxylation is 1. The number of hydrazine groups is 1. The van der Waals surface area contributed by atoms with Gasteiger partial charge in [0.05, 0.1) is 4.90 Å². The Bertz CT molecular complexity index is 658. The average Bonchev–Trinajstić information content (AvgIpc) is 2.38. The van der Waals surface area contributed by atoms with Crippen molar-refractivity contribution in [1.82, 2.24) is 15.2 Å². The van der Waals surface area contributed by atoms with Gasteiger partial charge in [-0.2, -0.15) is 0 Å². The average molecular weight is 331 g/mol. The van der Waals surface area contributed by atoms with Crippen LogP contribution >= 0.6 is 12.2 Å². The number of rotatable bonds is 3. The zero-order valence-electron chi connectivity index (χ0n) is 11.8. The van der Waals surface area contributed by atoms with Gasteiger partial charge in [0.1, 0.15) is 0 Å². The summed E-state index contributed by atoms with van der Waals surface area (Å²) in [5, 5.41) is 2.86. The van der Waals surface area contributed by atoms with Crippen LogP contribution in [0.2, 0.25) is 0 Å². The van der Waals surface area contributed by atoms with E-state index in [0.29, 0.717) is 5.69 Å². The Balaban J connectivity index is 2.99. The SMILES string of the molecule is Cc1ccc(S(=O)(=O)N(C)C)cc1NC(=S)NNC(N)=O. The molecule has 0 fully saturated rings. The maximum absolute atomic E-state index is 12.1. The zero-order chi connectivity index (χ0) is 16.2. The van der Waals surface area contributed by atoms with Crippen molar-refractivity contribution in [2.45, 2.75) is 11.8 Å². The number of sulfonamides is 1. The number of carbonyl (C=O) groups excluding carboxylic acids is 1. The maximum atomic E-state index is 12.1.